The number of esters is 1. The fourth-order valence-corrected chi connectivity index (χ4v) is 5.93. The highest BCUT2D eigenvalue weighted by Crippen LogP contribution is 2.42. The lowest BCUT2D eigenvalue weighted by Gasteiger charge is -2.40. The number of halogens is 1. The lowest BCUT2D eigenvalue weighted by molar-refractivity contribution is -0.148. The van der Waals surface area contributed by atoms with Crippen LogP contribution in [0.5, 0.6) is 0 Å². The number of methoxy groups -OCH3 is 1. The molecule has 0 spiro atoms. The molecule has 1 aromatic heterocycles. The number of nitrogens with one attached hydrogen (secondary N) is 1. The number of carbonyl (C=O) groups excluding carboxylic acids is 1. The Kier molecular flexibility index (Phi) is 5.84. The van der Waals surface area contributed by atoms with Crippen LogP contribution in [0.25, 0.3) is 0 Å². The van der Waals surface area contributed by atoms with Crippen molar-refractivity contribution in [3.05, 3.63) is 51.7 Å². The molecule has 1 saturated heterocycles. The number of thiazole rings is 1. The van der Waals surface area contributed by atoms with Crippen molar-refractivity contribution in [2.75, 3.05) is 19.9 Å². The first-order chi connectivity index (χ1) is 14.7. The fraction of sp³-hybridized carbons (Fsp3) is 0.450. The fourth-order valence-electron chi connectivity index (χ4n) is 4.50. The van der Waals surface area contributed by atoms with E-state index in [1.165, 1.54) is 30.6 Å². The van der Waals surface area contributed by atoms with E-state index in [-0.39, 0.29) is 17.9 Å². The average Bonchev–Trinajstić information content (AvgIpc) is 3.34. The van der Waals surface area contributed by atoms with Gasteiger partial charge in [0.15, 0.2) is 10.8 Å². The van der Waals surface area contributed by atoms with Gasteiger partial charge in [-0.1, -0.05) is 6.07 Å². The Morgan fingerprint density at radius 1 is 1.39 bits per heavy atom. The number of carbonyl (C=O) groups is 1. The van der Waals surface area contributed by atoms with Gasteiger partial charge in [-0.2, -0.15) is 0 Å². The average molecular weight is 467 g/mol. The van der Waals surface area contributed by atoms with Crippen molar-refractivity contribution >= 4 is 33.2 Å². The van der Waals surface area contributed by atoms with Crippen molar-refractivity contribution in [3.8, 4) is 0 Å². The van der Waals surface area contributed by atoms with E-state index in [1.54, 1.807) is 19.2 Å². The maximum atomic E-state index is 13.8. The molecule has 1 aromatic carbocycles. The Balaban J connectivity index is 1.84. The molecule has 2 aliphatic heterocycles. The molecule has 2 unspecified atom stereocenters. The molecule has 1 fully saturated rings. The number of fused-ring (bicyclic) bond motifs is 1. The molecule has 0 aliphatic carbocycles. The van der Waals surface area contributed by atoms with Crippen LogP contribution >= 0.6 is 11.3 Å². The summed E-state index contributed by atoms with van der Waals surface area (Å²) in [6.45, 7) is 2.14. The summed E-state index contributed by atoms with van der Waals surface area (Å²) in [5.74, 6) is -0.878. The SMILES string of the molecule is COC(=O)C1C2C[C@H](NS(C)(=O)=O)CN2C(c2nccs2)=N[C@H]1c1ccc(F)cc1C. The van der Waals surface area contributed by atoms with Crippen LogP contribution in [0.15, 0.2) is 34.8 Å². The Bertz CT molecular complexity index is 1120. The lowest BCUT2D eigenvalue weighted by atomic mass is 9.82. The molecule has 8 nitrogen and oxygen atoms in total. The van der Waals surface area contributed by atoms with Crippen LogP contribution in [0.1, 0.15) is 28.6 Å². The van der Waals surface area contributed by atoms with Gasteiger partial charge >= 0.3 is 5.97 Å². The van der Waals surface area contributed by atoms with Crippen LogP contribution in [0.3, 0.4) is 0 Å². The van der Waals surface area contributed by atoms with Crippen LogP contribution in [0.4, 0.5) is 4.39 Å². The van der Waals surface area contributed by atoms with Gasteiger partial charge < -0.3 is 9.64 Å². The first-order valence-corrected chi connectivity index (χ1v) is 12.5. The first-order valence-electron chi connectivity index (χ1n) is 9.73. The van der Waals surface area contributed by atoms with Crippen LogP contribution < -0.4 is 4.72 Å². The predicted molar refractivity (Wildman–Crippen MR) is 115 cm³/mol. The third kappa shape index (κ3) is 4.35. The van der Waals surface area contributed by atoms with Crippen LogP contribution in [-0.4, -0.2) is 62.1 Å². The van der Waals surface area contributed by atoms with E-state index in [0.717, 1.165) is 11.8 Å². The summed E-state index contributed by atoms with van der Waals surface area (Å²) in [4.78, 5) is 24.1. The number of rotatable bonds is 5. The van der Waals surface area contributed by atoms with Gasteiger partial charge in [0, 0.05) is 30.2 Å². The summed E-state index contributed by atoms with van der Waals surface area (Å²) < 4.78 is 45.2. The molecular formula is C20H23FN4O4S2. The van der Waals surface area contributed by atoms with Crippen molar-refractivity contribution in [3.63, 3.8) is 0 Å². The third-order valence-electron chi connectivity index (χ3n) is 5.66. The minimum Gasteiger partial charge on any atom is -0.469 e. The zero-order chi connectivity index (χ0) is 22.3. The molecule has 3 heterocycles. The van der Waals surface area contributed by atoms with Gasteiger partial charge in [-0.25, -0.2) is 22.5 Å². The molecule has 2 aromatic rings. The largest absolute Gasteiger partial charge is 0.469 e. The summed E-state index contributed by atoms with van der Waals surface area (Å²) in [7, 11) is -2.11. The number of ether oxygens (including phenoxy) is 1. The van der Waals surface area contributed by atoms with E-state index in [2.05, 4.69) is 9.71 Å². The Morgan fingerprint density at radius 2 is 2.16 bits per heavy atom. The second-order valence-corrected chi connectivity index (χ2v) is 10.5. The summed E-state index contributed by atoms with van der Waals surface area (Å²) in [5, 5.41) is 2.51. The van der Waals surface area contributed by atoms with Gasteiger partial charge in [-0.15, -0.1) is 11.3 Å². The van der Waals surface area contributed by atoms with Gasteiger partial charge in [0.25, 0.3) is 0 Å². The van der Waals surface area contributed by atoms with Gasteiger partial charge in [0.05, 0.1) is 19.4 Å². The van der Waals surface area contributed by atoms with Crippen molar-refractivity contribution in [1.29, 1.82) is 0 Å². The van der Waals surface area contributed by atoms with Crippen LogP contribution in [0, 0.1) is 18.7 Å². The Labute approximate surface area is 184 Å². The summed E-state index contributed by atoms with van der Waals surface area (Å²) in [5.41, 5.74) is 1.41. The highest BCUT2D eigenvalue weighted by atomic mass is 32.2. The van der Waals surface area contributed by atoms with E-state index < -0.39 is 28.0 Å². The molecule has 0 radical (unpaired) electrons. The van der Waals surface area contributed by atoms with E-state index in [1.807, 2.05) is 10.3 Å². The minimum atomic E-state index is -3.43. The third-order valence-corrected chi connectivity index (χ3v) is 7.19. The number of nitrogens with zero attached hydrogens (tertiary/aromatic N) is 3. The molecule has 11 heteroatoms. The maximum Gasteiger partial charge on any atom is 0.313 e. The zero-order valence-corrected chi connectivity index (χ0v) is 18.9. The Morgan fingerprint density at radius 3 is 2.77 bits per heavy atom. The lowest BCUT2D eigenvalue weighted by Crippen LogP contribution is -2.49. The van der Waals surface area contributed by atoms with E-state index >= 15 is 0 Å². The molecule has 4 atom stereocenters. The van der Waals surface area contributed by atoms with Gasteiger partial charge in [0.2, 0.25) is 10.0 Å². The molecule has 1 N–H and O–H groups in total. The minimum absolute atomic E-state index is 0.349. The van der Waals surface area contributed by atoms with E-state index in [4.69, 9.17) is 9.73 Å². The molecule has 31 heavy (non-hydrogen) atoms. The molecule has 2 aliphatic rings. The Hall–Kier alpha value is -2.37. The second-order valence-electron chi connectivity index (χ2n) is 7.83. The number of sulfonamides is 1. The summed E-state index contributed by atoms with van der Waals surface area (Å²) in [6, 6.07) is 3.07. The van der Waals surface area contributed by atoms with E-state index in [0.29, 0.717) is 29.4 Å². The van der Waals surface area contributed by atoms with Gasteiger partial charge in [-0.3, -0.25) is 9.79 Å². The highest BCUT2D eigenvalue weighted by Gasteiger charge is 2.50. The highest BCUT2D eigenvalue weighted by molar-refractivity contribution is 7.88. The summed E-state index contributed by atoms with van der Waals surface area (Å²) in [6.07, 6.45) is 3.20. The number of benzene rings is 1. The molecule has 0 saturated carbocycles. The van der Waals surface area contributed by atoms with Crippen LogP contribution in [0.2, 0.25) is 0 Å². The monoisotopic (exact) mass is 466 g/mol. The molecule has 4 rings (SSSR count). The van der Waals surface area contributed by atoms with Crippen LogP contribution in [-0.2, 0) is 19.6 Å². The standard InChI is InChI=1S/C20H23FN4O4S2/c1-11-8-12(21)4-5-14(11)17-16(20(26)29-2)15-9-13(24-31(3,27)28)10-25(15)18(23-17)19-22-6-7-30-19/h4-8,13,15-17,24H,9-10H2,1-3H3/t13-,15?,16?,17-/m0/s1. The number of hydrogen-bond acceptors (Lipinski definition) is 8. The molecule has 0 amide bonds. The number of aryl methyl sites for hydroxylation is 1. The van der Waals surface area contributed by atoms with E-state index in [9.17, 15) is 17.6 Å². The second kappa shape index (κ2) is 8.29. The van der Waals surface area contributed by atoms with Crippen molar-refractivity contribution in [1.82, 2.24) is 14.6 Å². The van der Waals surface area contributed by atoms with Gasteiger partial charge in [0.1, 0.15) is 11.7 Å². The number of aromatic nitrogens is 1. The topological polar surface area (TPSA) is 101 Å². The zero-order valence-electron chi connectivity index (χ0n) is 17.3. The quantitative estimate of drug-likeness (QED) is 0.676. The van der Waals surface area contributed by atoms with Crippen molar-refractivity contribution in [2.24, 2.45) is 10.9 Å². The number of hydrogen-bond donors (Lipinski definition) is 1. The molecular weight excluding hydrogens is 443 g/mol. The molecule has 0 bridgehead atoms. The smallest absolute Gasteiger partial charge is 0.313 e. The normalized spacial score (nSPS) is 25.8. The van der Waals surface area contributed by atoms with Gasteiger partial charge in [-0.05, 0) is 36.6 Å². The number of aliphatic imine (C=N–C) groups is 1. The first kappa shape index (κ1) is 21.8. The predicted octanol–water partition coefficient (Wildman–Crippen LogP) is 1.87. The molecule has 166 valence electrons. The summed E-state index contributed by atoms with van der Waals surface area (Å²) >= 11 is 1.41. The maximum absolute atomic E-state index is 13.8. The van der Waals surface area contributed by atoms with Crippen molar-refractivity contribution in [2.45, 2.75) is 31.5 Å². The van der Waals surface area contributed by atoms with Crippen molar-refractivity contribution < 1.29 is 22.3 Å². The number of amidine groups is 1.